The van der Waals surface area contributed by atoms with Gasteiger partial charge in [0.25, 0.3) is 0 Å². The van der Waals surface area contributed by atoms with Crippen molar-refractivity contribution >= 4 is 50.3 Å². The zero-order valence-corrected chi connectivity index (χ0v) is 22.6. The van der Waals surface area contributed by atoms with Gasteiger partial charge in [-0.05, 0) is 37.7 Å². The minimum Gasteiger partial charge on any atom is -0.444 e. The van der Waals surface area contributed by atoms with E-state index in [9.17, 15) is 9.59 Å². The molecule has 11 heteroatoms. The van der Waals surface area contributed by atoms with Crippen LogP contribution in [-0.2, 0) is 21.1 Å². The number of likely N-dealkylation sites (N-methyl/N-ethyl adjacent to an activating group) is 1. The van der Waals surface area contributed by atoms with E-state index in [-0.39, 0.29) is 31.1 Å². The van der Waals surface area contributed by atoms with Crippen LogP contribution < -0.4 is 4.90 Å². The summed E-state index contributed by atoms with van der Waals surface area (Å²) in [6.07, 6.45) is 8.97. The normalized spacial score (nSPS) is 21.9. The van der Waals surface area contributed by atoms with Crippen molar-refractivity contribution in [1.82, 2.24) is 19.4 Å². The standard InChI is InChI=1S/C25H34N6O3S2/c1-18-8-12-30(22(32)7-11-26)15-21(18)29(2)24-20-9-13-31(25(20)28-16-27-24)17-34-23(33)6-4-3-5-19-10-14-35-36-19/h9,13,16,18-19,21H,3-8,10,12,14-15,17H2,1-2H3/t18-,19?,21+/m1/s1. The Kier molecular flexibility index (Phi) is 9.37. The Morgan fingerprint density at radius 2 is 2.17 bits per heavy atom. The van der Waals surface area contributed by atoms with Crippen molar-refractivity contribution in [3.63, 3.8) is 0 Å². The number of anilines is 1. The molecule has 0 N–H and O–H groups in total. The Morgan fingerprint density at radius 3 is 2.94 bits per heavy atom. The predicted molar refractivity (Wildman–Crippen MR) is 143 cm³/mol. The summed E-state index contributed by atoms with van der Waals surface area (Å²) in [5.74, 6) is 2.07. The molecule has 36 heavy (non-hydrogen) atoms. The van der Waals surface area contributed by atoms with Gasteiger partial charge in [0.2, 0.25) is 5.91 Å². The Morgan fingerprint density at radius 1 is 1.31 bits per heavy atom. The molecule has 194 valence electrons. The average Bonchev–Trinajstić information content (AvgIpc) is 3.55. The van der Waals surface area contributed by atoms with Gasteiger partial charge in [0, 0.05) is 43.8 Å². The van der Waals surface area contributed by atoms with Crippen LogP contribution in [0.1, 0.15) is 51.9 Å². The van der Waals surface area contributed by atoms with Crippen LogP contribution in [-0.4, -0.2) is 68.5 Å². The fourth-order valence-corrected chi connectivity index (χ4v) is 7.94. The number of amides is 1. The fourth-order valence-electron chi connectivity index (χ4n) is 4.91. The molecule has 4 rings (SSSR count). The van der Waals surface area contributed by atoms with Crippen LogP contribution in [0.4, 0.5) is 5.82 Å². The molecule has 2 aromatic heterocycles. The first-order valence-electron chi connectivity index (χ1n) is 12.6. The van der Waals surface area contributed by atoms with Gasteiger partial charge < -0.3 is 14.5 Å². The molecule has 9 nitrogen and oxygen atoms in total. The van der Waals surface area contributed by atoms with Crippen LogP contribution in [0.2, 0.25) is 0 Å². The second-order valence-electron chi connectivity index (χ2n) is 9.56. The Balaban J connectivity index is 1.35. The van der Waals surface area contributed by atoms with Crippen LogP contribution in [0.3, 0.4) is 0 Å². The average molecular weight is 531 g/mol. The predicted octanol–water partition coefficient (Wildman–Crippen LogP) is 4.23. The molecule has 2 aliphatic heterocycles. The minimum atomic E-state index is -0.185. The van der Waals surface area contributed by atoms with Crippen LogP contribution in [0.5, 0.6) is 0 Å². The number of hydrogen-bond acceptors (Lipinski definition) is 9. The summed E-state index contributed by atoms with van der Waals surface area (Å²) in [4.78, 5) is 37.5. The third kappa shape index (κ3) is 6.45. The smallest absolute Gasteiger partial charge is 0.307 e. The maximum absolute atomic E-state index is 12.3. The van der Waals surface area contributed by atoms with Gasteiger partial charge in [0.1, 0.15) is 24.2 Å². The molecule has 3 atom stereocenters. The molecule has 0 aliphatic carbocycles. The number of rotatable bonds is 10. The topological polar surface area (TPSA) is 104 Å². The fraction of sp³-hybridized carbons (Fsp3) is 0.640. The Labute approximate surface area is 220 Å². The van der Waals surface area contributed by atoms with Crippen LogP contribution in [0.15, 0.2) is 18.6 Å². The van der Waals surface area contributed by atoms with Crippen molar-refractivity contribution in [3.8, 4) is 6.07 Å². The Hall–Kier alpha value is -2.45. The van der Waals surface area contributed by atoms with E-state index in [1.807, 2.05) is 51.5 Å². The molecule has 0 bridgehead atoms. The number of likely N-dealkylation sites (tertiary alicyclic amines) is 1. The number of ether oxygens (including phenoxy) is 1. The van der Waals surface area contributed by atoms with E-state index < -0.39 is 0 Å². The second kappa shape index (κ2) is 12.7. The summed E-state index contributed by atoms with van der Waals surface area (Å²) in [5.41, 5.74) is 0.705. The summed E-state index contributed by atoms with van der Waals surface area (Å²) in [7, 11) is 5.92. The second-order valence-corrected chi connectivity index (χ2v) is 12.3. The summed E-state index contributed by atoms with van der Waals surface area (Å²) in [5, 5.41) is 10.5. The van der Waals surface area contributed by atoms with Gasteiger partial charge in [-0.25, -0.2) is 9.97 Å². The van der Waals surface area contributed by atoms with Crippen LogP contribution in [0.25, 0.3) is 11.0 Å². The maximum atomic E-state index is 12.3. The van der Waals surface area contributed by atoms with Gasteiger partial charge in [-0.3, -0.25) is 14.2 Å². The van der Waals surface area contributed by atoms with Gasteiger partial charge in [-0.15, -0.1) is 0 Å². The Bertz CT molecular complexity index is 1100. The van der Waals surface area contributed by atoms with Crippen molar-refractivity contribution in [3.05, 3.63) is 18.6 Å². The summed E-state index contributed by atoms with van der Waals surface area (Å²) in [6.45, 7) is 3.53. The lowest BCUT2D eigenvalue weighted by atomic mass is 9.92. The van der Waals surface area contributed by atoms with Gasteiger partial charge in [-0.1, -0.05) is 34.9 Å². The van der Waals surface area contributed by atoms with Gasteiger partial charge in [0.15, 0.2) is 6.73 Å². The molecular weight excluding hydrogens is 496 g/mol. The number of unbranched alkanes of at least 4 members (excludes halogenated alkanes) is 1. The highest BCUT2D eigenvalue weighted by atomic mass is 33.1. The zero-order valence-electron chi connectivity index (χ0n) is 21.0. The number of esters is 1. The van der Waals surface area contributed by atoms with E-state index in [0.29, 0.717) is 31.1 Å². The van der Waals surface area contributed by atoms with Crippen molar-refractivity contribution in [2.24, 2.45) is 5.92 Å². The highest BCUT2D eigenvalue weighted by Crippen LogP contribution is 2.40. The van der Waals surface area contributed by atoms with Crippen LogP contribution in [0, 0.1) is 17.2 Å². The molecular formula is C25H34N6O3S2. The lowest BCUT2D eigenvalue weighted by Gasteiger charge is -2.42. The highest BCUT2D eigenvalue weighted by molar-refractivity contribution is 8.77. The zero-order chi connectivity index (χ0) is 25.5. The largest absolute Gasteiger partial charge is 0.444 e. The number of piperidine rings is 1. The quantitative estimate of drug-likeness (QED) is 0.253. The molecule has 2 saturated heterocycles. The van der Waals surface area contributed by atoms with E-state index in [4.69, 9.17) is 10.00 Å². The van der Waals surface area contributed by atoms with E-state index in [1.165, 1.54) is 24.9 Å². The highest BCUT2D eigenvalue weighted by Gasteiger charge is 2.32. The van der Waals surface area contributed by atoms with Gasteiger partial charge >= 0.3 is 5.97 Å². The third-order valence-corrected chi connectivity index (χ3v) is 10.1. The first-order chi connectivity index (χ1) is 17.5. The van der Waals surface area contributed by atoms with E-state index >= 15 is 0 Å². The van der Waals surface area contributed by atoms with Gasteiger partial charge in [-0.2, -0.15) is 5.26 Å². The number of aromatic nitrogens is 3. The molecule has 2 aromatic rings. The molecule has 0 aromatic carbocycles. The first-order valence-corrected chi connectivity index (χ1v) is 15.0. The molecule has 2 fully saturated rings. The lowest BCUT2D eigenvalue weighted by Crippen LogP contribution is -2.52. The lowest BCUT2D eigenvalue weighted by molar-refractivity contribution is -0.147. The van der Waals surface area contributed by atoms with Crippen LogP contribution >= 0.6 is 21.6 Å². The van der Waals surface area contributed by atoms with Crippen molar-refractivity contribution in [2.75, 3.05) is 30.8 Å². The SMILES string of the molecule is C[C@@H]1CCN(C(=O)CC#N)C[C@@H]1N(C)c1ncnc2c1ccn2COC(=O)CCCCC1CCSS1. The van der Waals surface area contributed by atoms with Crippen molar-refractivity contribution < 1.29 is 14.3 Å². The summed E-state index contributed by atoms with van der Waals surface area (Å²) < 4.78 is 7.36. The number of fused-ring (bicyclic) bond motifs is 1. The first kappa shape index (κ1) is 26.6. The summed E-state index contributed by atoms with van der Waals surface area (Å²) >= 11 is 0. The number of nitrogens with zero attached hydrogens (tertiary/aromatic N) is 6. The van der Waals surface area contributed by atoms with E-state index in [2.05, 4.69) is 21.8 Å². The molecule has 0 saturated carbocycles. The number of hydrogen-bond donors (Lipinski definition) is 0. The van der Waals surface area contributed by atoms with E-state index in [0.717, 1.165) is 35.7 Å². The van der Waals surface area contributed by atoms with E-state index in [1.54, 1.807) is 4.90 Å². The van der Waals surface area contributed by atoms with Crippen molar-refractivity contribution in [1.29, 1.82) is 5.26 Å². The number of carbonyl (C=O) groups is 2. The third-order valence-electron chi connectivity index (χ3n) is 7.12. The molecule has 1 unspecified atom stereocenters. The molecule has 1 amide bonds. The monoisotopic (exact) mass is 530 g/mol. The molecule has 4 heterocycles. The summed E-state index contributed by atoms with van der Waals surface area (Å²) in [6, 6.07) is 3.97. The maximum Gasteiger partial charge on any atom is 0.307 e. The molecule has 2 aliphatic rings. The van der Waals surface area contributed by atoms with Gasteiger partial charge in [0.05, 0.1) is 17.5 Å². The molecule has 0 spiro atoms. The number of carbonyl (C=O) groups excluding carboxylic acids is 2. The molecule has 0 radical (unpaired) electrons. The number of nitriles is 1. The van der Waals surface area contributed by atoms with Crippen molar-refractivity contribution in [2.45, 2.75) is 69.9 Å². The minimum absolute atomic E-state index is 0.0712.